The van der Waals surface area contributed by atoms with E-state index in [9.17, 15) is 0 Å². The molecule has 0 radical (unpaired) electrons. The van der Waals surface area contributed by atoms with Crippen molar-refractivity contribution in [2.45, 2.75) is 6.04 Å². The van der Waals surface area contributed by atoms with E-state index in [0.717, 1.165) is 30.5 Å². The smallest absolute Gasteiger partial charge is 0.0931 e. The van der Waals surface area contributed by atoms with Gasteiger partial charge in [-0.25, -0.2) is 0 Å². The number of nitrogens with zero attached hydrogens (tertiary/aromatic N) is 1. The Hall–Kier alpha value is -0.350. The Bertz CT molecular complexity index is 331. The second kappa shape index (κ2) is 5.12. The molecule has 0 aliphatic carbocycles. The first-order valence-electron chi connectivity index (χ1n) is 5.14. The zero-order valence-corrected chi connectivity index (χ0v) is 10.2. The summed E-state index contributed by atoms with van der Waals surface area (Å²) in [6, 6.07) is 4.38. The largest absolute Gasteiger partial charge is 0.314 e. The van der Waals surface area contributed by atoms with Crippen molar-refractivity contribution in [1.82, 2.24) is 10.2 Å². The van der Waals surface area contributed by atoms with Crippen molar-refractivity contribution in [1.29, 1.82) is 0 Å². The minimum Gasteiger partial charge on any atom is -0.314 e. The predicted octanol–water partition coefficient (Wildman–Crippen LogP) is 2.53. The molecule has 0 aromatic carbocycles. The van der Waals surface area contributed by atoms with E-state index >= 15 is 0 Å². The quantitative estimate of drug-likeness (QED) is 0.820. The lowest BCUT2D eigenvalue weighted by Gasteiger charge is -2.32. The van der Waals surface area contributed by atoms with Crippen molar-refractivity contribution in [3.05, 3.63) is 34.0 Å². The normalized spacial score (nSPS) is 20.1. The highest BCUT2D eigenvalue weighted by Gasteiger charge is 2.20. The highest BCUT2D eigenvalue weighted by atomic mass is 35.5. The van der Waals surface area contributed by atoms with Gasteiger partial charge in [-0.3, -0.25) is 4.90 Å². The van der Waals surface area contributed by atoms with Gasteiger partial charge in [-0.15, -0.1) is 17.9 Å². The molecule has 2 heterocycles. The van der Waals surface area contributed by atoms with Gasteiger partial charge in [-0.2, -0.15) is 0 Å². The van der Waals surface area contributed by atoms with Crippen LogP contribution in [-0.2, 0) is 0 Å². The third-order valence-electron chi connectivity index (χ3n) is 2.65. The van der Waals surface area contributed by atoms with Gasteiger partial charge in [-0.05, 0) is 12.1 Å². The van der Waals surface area contributed by atoms with Crippen molar-refractivity contribution in [2.75, 3.05) is 26.2 Å². The number of hydrogen-bond donors (Lipinski definition) is 1. The van der Waals surface area contributed by atoms with E-state index in [1.807, 2.05) is 12.1 Å². The Kier molecular flexibility index (Phi) is 3.81. The van der Waals surface area contributed by atoms with Crippen LogP contribution in [0.1, 0.15) is 10.9 Å². The van der Waals surface area contributed by atoms with Gasteiger partial charge in [0.05, 0.1) is 10.4 Å². The number of nitrogens with one attached hydrogen (secondary N) is 1. The van der Waals surface area contributed by atoms with Crippen molar-refractivity contribution < 1.29 is 0 Å². The summed E-state index contributed by atoms with van der Waals surface area (Å²) in [5.41, 5.74) is 0. The lowest BCUT2D eigenvalue weighted by molar-refractivity contribution is 0.206. The van der Waals surface area contributed by atoms with Crippen LogP contribution in [0.15, 0.2) is 24.8 Å². The third-order valence-corrected chi connectivity index (χ3v) is 3.96. The van der Waals surface area contributed by atoms with Gasteiger partial charge in [0.15, 0.2) is 0 Å². The summed E-state index contributed by atoms with van der Waals surface area (Å²) in [5, 5.41) is 3.35. The molecule has 1 aliphatic heterocycles. The molecule has 1 saturated heterocycles. The Balaban J connectivity index is 2.12. The highest BCUT2D eigenvalue weighted by Crippen LogP contribution is 2.31. The fourth-order valence-corrected chi connectivity index (χ4v) is 3.09. The van der Waals surface area contributed by atoms with E-state index in [0.29, 0.717) is 6.04 Å². The monoisotopic (exact) mass is 242 g/mol. The molecule has 82 valence electrons. The second-order valence-electron chi connectivity index (χ2n) is 3.61. The van der Waals surface area contributed by atoms with Crippen LogP contribution in [0.25, 0.3) is 0 Å². The van der Waals surface area contributed by atoms with Crippen molar-refractivity contribution in [3.8, 4) is 0 Å². The van der Waals surface area contributed by atoms with Gasteiger partial charge in [0.25, 0.3) is 0 Å². The summed E-state index contributed by atoms with van der Waals surface area (Å²) in [4.78, 5) is 3.72. The highest BCUT2D eigenvalue weighted by molar-refractivity contribution is 7.16. The minimum absolute atomic E-state index is 0.324. The van der Waals surface area contributed by atoms with Crippen LogP contribution in [0.4, 0.5) is 0 Å². The predicted molar refractivity (Wildman–Crippen MR) is 66.7 cm³/mol. The topological polar surface area (TPSA) is 15.3 Å². The first kappa shape index (κ1) is 11.1. The van der Waals surface area contributed by atoms with Crippen molar-refractivity contribution in [2.24, 2.45) is 0 Å². The Labute approximate surface area is 99.5 Å². The van der Waals surface area contributed by atoms with Gasteiger partial charge in [-0.1, -0.05) is 17.7 Å². The Morgan fingerprint density at radius 3 is 2.73 bits per heavy atom. The number of halogens is 1. The van der Waals surface area contributed by atoms with E-state index in [1.54, 1.807) is 11.3 Å². The van der Waals surface area contributed by atoms with Crippen LogP contribution in [0.3, 0.4) is 0 Å². The summed E-state index contributed by atoms with van der Waals surface area (Å²) >= 11 is 7.60. The first-order chi connectivity index (χ1) is 7.31. The number of hydrogen-bond acceptors (Lipinski definition) is 3. The summed E-state index contributed by atoms with van der Waals surface area (Å²) in [6.07, 6.45) is 2.01. The Morgan fingerprint density at radius 1 is 1.47 bits per heavy atom. The third kappa shape index (κ3) is 2.61. The van der Waals surface area contributed by atoms with E-state index < -0.39 is 0 Å². The molecule has 1 atom stereocenters. The molecule has 2 nitrogen and oxygen atoms in total. The molecule has 0 spiro atoms. The van der Waals surface area contributed by atoms with Gasteiger partial charge in [0.2, 0.25) is 0 Å². The van der Waals surface area contributed by atoms with Gasteiger partial charge < -0.3 is 5.32 Å². The van der Waals surface area contributed by atoms with Gasteiger partial charge in [0.1, 0.15) is 0 Å². The summed E-state index contributed by atoms with van der Waals surface area (Å²) in [7, 11) is 0. The molecule has 1 fully saturated rings. The van der Waals surface area contributed by atoms with Crippen LogP contribution in [-0.4, -0.2) is 31.1 Å². The zero-order valence-electron chi connectivity index (χ0n) is 8.58. The molecular formula is C11H15ClN2S. The maximum absolute atomic E-state index is 5.95. The van der Waals surface area contributed by atoms with E-state index in [2.05, 4.69) is 22.9 Å². The molecule has 4 heteroatoms. The first-order valence-corrected chi connectivity index (χ1v) is 6.33. The second-order valence-corrected chi connectivity index (χ2v) is 5.36. The molecule has 2 rings (SSSR count). The zero-order chi connectivity index (χ0) is 10.7. The molecule has 1 aliphatic rings. The fraction of sp³-hybridized carbons (Fsp3) is 0.455. The van der Waals surface area contributed by atoms with E-state index in [-0.39, 0.29) is 0 Å². The number of thiophene rings is 1. The fourth-order valence-electron chi connectivity index (χ4n) is 1.89. The van der Waals surface area contributed by atoms with Crippen LogP contribution in [0.5, 0.6) is 0 Å². The van der Waals surface area contributed by atoms with Gasteiger partial charge in [0, 0.05) is 31.1 Å². The van der Waals surface area contributed by atoms with E-state index in [1.165, 1.54) is 4.88 Å². The maximum atomic E-state index is 5.95. The van der Waals surface area contributed by atoms with Crippen molar-refractivity contribution in [3.63, 3.8) is 0 Å². The van der Waals surface area contributed by atoms with Crippen LogP contribution < -0.4 is 5.32 Å². The lowest BCUT2D eigenvalue weighted by atomic mass is 10.2. The molecule has 0 unspecified atom stereocenters. The summed E-state index contributed by atoms with van der Waals surface area (Å²) < 4.78 is 0.854. The average Bonchev–Trinajstić information content (AvgIpc) is 2.68. The standard InChI is InChI=1S/C11H15ClN2S/c1-2-9(10-3-4-11(12)15-10)14-7-5-13-6-8-14/h2-4,9,13H,1,5-8H2/t9-/m0/s1. The average molecular weight is 243 g/mol. The number of rotatable bonds is 3. The van der Waals surface area contributed by atoms with Crippen LogP contribution >= 0.6 is 22.9 Å². The molecule has 1 aromatic heterocycles. The summed E-state index contributed by atoms with van der Waals surface area (Å²) in [5.74, 6) is 0. The Morgan fingerprint density at radius 2 is 2.20 bits per heavy atom. The minimum atomic E-state index is 0.324. The number of piperazine rings is 1. The SMILES string of the molecule is C=C[C@@H](c1ccc(Cl)s1)N1CCNCC1. The lowest BCUT2D eigenvalue weighted by Crippen LogP contribution is -2.44. The molecule has 0 amide bonds. The van der Waals surface area contributed by atoms with Crippen LogP contribution in [0.2, 0.25) is 4.34 Å². The summed E-state index contributed by atoms with van der Waals surface area (Å²) in [6.45, 7) is 8.19. The maximum Gasteiger partial charge on any atom is 0.0931 e. The van der Waals surface area contributed by atoms with E-state index in [4.69, 9.17) is 11.6 Å². The molecule has 1 N–H and O–H groups in total. The molecule has 15 heavy (non-hydrogen) atoms. The molecular weight excluding hydrogens is 228 g/mol. The van der Waals surface area contributed by atoms with Crippen molar-refractivity contribution >= 4 is 22.9 Å². The molecule has 0 saturated carbocycles. The molecule has 1 aromatic rings. The molecule has 0 bridgehead atoms. The van der Waals surface area contributed by atoms with Crippen LogP contribution in [0, 0.1) is 0 Å². The van der Waals surface area contributed by atoms with Gasteiger partial charge >= 0.3 is 0 Å².